The second-order valence-electron chi connectivity index (χ2n) is 4.13. The van der Waals surface area contributed by atoms with Gasteiger partial charge in [-0.1, -0.05) is 0 Å². The van der Waals surface area contributed by atoms with E-state index in [1.165, 1.54) is 38.5 Å². The summed E-state index contributed by atoms with van der Waals surface area (Å²) < 4.78 is 2.15. The normalized spacial score (nSPS) is 25.8. The molecule has 2 N–H and O–H groups in total. The summed E-state index contributed by atoms with van der Waals surface area (Å²) in [6.07, 6.45) is 9.12. The number of nitrogens with two attached hydrogens (primary N) is 1. The van der Waals surface area contributed by atoms with E-state index in [-0.39, 0.29) is 0 Å². The first-order chi connectivity index (χ1) is 5.92. The molecule has 2 saturated carbocycles. The average molecular weight is 280 g/mol. The third-order valence-electron chi connectivity index (χ3n) is 3.47. The van der Waals surface area contributed by atoms with Crippen LogP contribution in [0.5, 0.6) is 0 Å². The molecule has 0 aromatic rings. The second-order valence-corrected chi connectivity index (χ2v) is 7.33. The molecule has 0 atom stereocenters. The third kappa shape index (κ3) is 1.79. The summed E-state index contributed by atoms with van der Waals surface area (Å²) in [6.45, 7) is 0. The zero-order chi connectivity index (χ0) is 8.39. The topological polar surface area (TPSA) is 26.0 Å². The summed E-state index contributed by atoms with van der Waals surface area (Å²) in [4.78, 5) is 0. The van der Waals surface area contributed by atoms with E-state index in [0.29, 0.717) is 21.2 Å². The Morgan fingerprint density at radius 2 is 1.58 bits per heavy atom. The molecule has 12 heavy (non-hydrogen) atoms. The third-order valence-corrected chi connectivity index (χ3v) is 7.03. The Balaban J connectivity index is 1.82. The SMILES string of the molecule is NC[I-]C(C1CCC1)C1CCC1. The maximum atomic E-state index is 5.71. The quantitative estimate of drug-likeness (QED) is 0.397. The standard InChI is InChI=1S/C10H19IN/c12-7-11-10(8-3-1-4-8)9-5-2-6-9/h8-10H,1-7,12H2/q-1. The van der Waals surface area contributed by atoms with Gasteiger partial charge in [0.15, 0.2) is 0 Å². The summed E-state index contributed by atoms with van der Waals surface area (Å²) in [6, 6.07) is 0. The van der Waals surface area contributed by atoms with Crippen LogP contribution in [-0.2, 0) is 0 Å². The molecular formula is C10H19IN-. The summed E-state index contributed by atoms with van der Waals surface area (Å²) in [5.74, 6) is 2.23. The van der Waals surface area contributed by atoms with Crippen molar-refractivity contribution in [3.8, 4) is 0 Å². The number of halogens is 1. The molecule has 72 valence electrons. The van der Waals surface area contributed by atoms with Crippen molar-refractivity contribution in [1.82, 2.24) is 0 Å². The molecule has 0 amide bonds. The first kappa shape index (κ1) is 9.25. The Kier molecular flexibility index (Phi) is 3.29. The van der Waals surface area contributed by atoms with Gasteiger partial charge in [0, 0.05) is 0 Å². The second kappa shape index (κ2) is 4.27. The van der Waals surface area contributed by atoms with Gasteiger partial charge < -0.3 is 0 Å². The first-order valence-corrected chi connectivity index (χ1v) is 7.96. The van der Waals surface area contributed by atoms with Crippen LogP contribution in [0.1, 0.15) is 38.5 Å². The van der Waals surface area contributed by atoms with Crippen LogP contribution in [-0.4, -0.2) is 8.48 Å². The molecule has 1 nitrogen and oxygen atoms in total. The van der Waals surface area contributed by atoms with E-state index in [4.69, 9.17) is 5.73 Å². The van der Waals surface area contributed by atoms with Crippen LogP contribution in [0, 0.1) is 11.8 Å². The van der Waals surface area contributed by atoms with Crippen molar-refractivity contribution >= 4 is 0 Å². The molecule has 0 bridgehead atoms. The van der Waals surface area contributed by atoms with E-state index >= 15 is 0 Å². The summed E-state index contributed by atoms with van der Waals surface area (Å²) >= 11 is 0.349. The van der Waals surface area contributed by atoms with E-state index in [1.54, 1.807) is 0 Å². The maximum absolute atomic E-state index is 5.71. The van der Waals surface area contributed by atoms with Crippen LogP contribution < -0.4 is 26.9 Å². The Bertz CT molecular complexity index is 127. The number of rotatable bonds is 4. The van der Waals surface area contributed by atoms with Crippen LogP contribution in [0.25, 0.3) is 0 Å². The van der Waals surface area contributed by atoms with Crippen molar-refractivity contribution in [2.45, 2.75) is 42.4 Å². The first-order valence-electron chi connectivity index (χ1n) is 5.19. The van der Waals surface area contributed by atoms with Crippen molar-refractivity contribution in [3.63, 3.8) is 0 Å². The van der Waals surface area contributed by atoms with Crippen LogP contribution in [0.3, 0.4) is 0 Å². The van der Waals surface area contributed by atoms with Crippen molar-refractivity contribution in [2.75, 3.05) is 4.55 Å². The van der Waals surface area contributed by atoms with E-state index in [1.807, 2.05) is 0 Å². The predicted molar refractivity (Wildman–Crippen MR) is 47.5 cm³/mol. The molecule has 2 fully saturated rings. The van der Waals surface area contributed by atoms with Crippen LogP contribution >= 0.6 is 0 Å². The Morgan fingerprint density at radius 1 is 1.08 bits per heavy atom. The molecule has 0 aliphatic heterocycles. The minimum absolute atomic E-state index is 0.349. The van der Waals surface area contributed by atoms with E-state index < -0.39 is 0 Å². The molecule has 0 aromatic heterocycles. The molecule has 0 radical (unpaired) electrons. The van der Waals surface area contributed by atoms with Gasteiger partial charge >= 0.3 is 85.8 Å². The molecule has 0 heterocycles. The summed E-state index contributed by atoms with van der Waals surface area (Å²) in [5, 5.41) is 0. The van der Waals surface area contributed by atoms with Gasteiger partial charge in [-0.25, -0.2) is 0 Å². The molecule has 0 aromatic carbocycles. The zero-order valence-electron chi connectivity index (χ0n) is 7.64. The van der Waals surface area contributed by atoms with Crippen molar-refractivity contribution in [2.24, 2.45) is 17.6 Å². The van der Waals surface area contributed by atoms with Gasteiger partial charge in [-0.05, 0) is 0 Å². The van der Waals surface area contributed by atoms with Gasteiger partial charge in [0.2, 0.25) is 0 Å². The molecular weight excluding hydrogens is 261 g/mol. The fraction of sp³-hybridized carbons (Fsp3) is 1.00. The molecule has 0 spiro atoms. The van der Waals surface area contributed by atoms with E-state index in [0.717, 1.165) is 20.3 Å². The van der Waals surface area contributed by atoms with Gasteiger partial charge in [-0.15, -0.1) is 0 Å². The van der Waals surface area contributed by atoms with Crippen LogP contribution in [0.15, 0.2) is 0 Å². The van der Waals surface area contributed by atoms with Gasteiger partial charge in [0.25, 0.3) is 0 Å². The number of hydrogen-bond acceptors (Lipinski definition) is 1. The van der Waals surface area contributed by atoms with Gasteiger partial charge in [-0.2, -0.15) is 0 Å². The molecule has 2 rings (SSSR count). The van der Waals surface area contributed by atoms with Crippen LogP contribution in [0.4, 0.5) is 0 Å². The molecule has 2 aliphatic carbocycles. The fourth-order valence-corrected chi connectivity index (χ4v) is 5.72. The van der Waals surface area contributed by atoms with E-state index in [9.17, 15) is 0 Å². The summed E-state index contributed by atoms with van der Waals surface area (Å²) in [7, 11) is 0. The van der Waals surface area contributed by atoms with Crippen molar-refractivity contribution < 1.29 is 21.2 Å². The Hall–Kier alpha value is 0.690. The number of alkyl halides is 2. The summed E-state index contributed by atoms with van der Waals surface area (Å²) in [5.41, 5.74) is 5.71. The molecule has 0 saturated heterocycles. The number of hydrogen-bond donors (Lipinski definition) is 1. The van der Waals surface area contributed by atoms with E-state index in [2.05, 4.69) is 0 Å². The van der Waals surface area contributed by atoms with Crippen LogP contribution in [0.2, 0.25) is 0 Å². The molecule has 2 aliphatic rings. The Labute approximate surface area is 85.7 Å². The van der Waals surface area contributed by atoms with Gasteiger partial charge in [-0.3, -0.25) is 0 Å². The fourth-order valence-electron chi connectivity index (χ4n) is 2.26. The predicted octanol–water partition coefficient (Wildman–Crippen LogP) is -1.04. The van der Waals surface area contributed by atoms with Crippen molar-refractivity contribution in [1.29, 1.82) is 0 Å². The molecule has 2 heteroatoms. The monoisotopic (exact) mass is 280 g/mol. The minimum atomic E-state index is 0.349. The zero-order valence-corrected chi connectivity index (χ0v) is 9.79. The van der Waals surface area contributed by atoms with Gasteiger partial charge in [0.05, 0.1) is 0 Å². The van der Waals surface area contributed by atoms with Gasteiger partial charge in [0.1, 0.15) is 0 Å². The Morgan fingerprint density at radius 3 is 1.83 bits per heavy atom. The average Bonchev–Trinajstić information content (AvgIpc) is 1.79. The molecule has 0 unspecified atom stereocenters. The van der Waals surface area contributed by atoms with Crippen molar-refractivity contribution in [3.05, 3.63) is 0 Å².